The summed E-state index contributed by atoms with van der Waals surface area (Å²) in [5.41, 5.74) is 1.22. The van der Waals surface area contributed by atoms with Gasteiger partial charge in [-0.1, -0.05) is 74.5 Å². The third-order valence-electron chi connectivity index (χ3n) is 9.05. The molecule has 0 unspecified atom stereocenters. The Kier molecular flexibility index (Phi) is 20.7. The van der Waals surface area contributed by atoms with Gasteiger partial charge in [-0.15, -0.1) is 0 Å². The van der Waals surface area contributed by atoms with E-state index in [2.05, 4.69) is 37.2 Å². The highest BCUT2D eigenvalue weighted by Crippen LogP contribution is 2.10. The normalized spacial score (nSPS) is 14.8. The Balaban J connectivity index is 2.21. The molecule has 0 aromatic heterocycles. The second-order valence-corrected chi connectivity index (χ2v) is 15.0. The number of carbonyl (C=O) groups is 10. The highest BCUT2D eigenvalue weighted by atomic mass is 16.4. The maximum Gasteiger partial charge on any atom is 0.326 e. The summed E-state index contributed by atoms with van der Waals surface area (Å²) in [6.45, 7) is 6.88. The highest BCUT2D eigenvalue weighted by molar-refractivity contribution is 5.98. The number of carboxylic acids is 3. The molecular weight excluding hydrogens is 814 g/mol. The molecule has 7 amide bonds. The molecule has 0 aliphatic carbocycles. The second kappa shape index (κ2) is 25.0. The first kappa shape index (κ1) is 51.2. The first-order chi connectivity index (χ1) is 29.1. The molecule has 2 aromatic carbocycles. The van der Waals surface area contributed by atoms with Crippen molar-refractivity contribution in [2.24, 2.45) is 5.92 Å². The van der Waals surface area contributed by atoms with Crippen molar-refractivity contribution in [2.45, 2.75) is 115 Å². The number of hydrogen-bond acceptors (Lipinski definition) is 11. The minimum Gasteiger partial charge on any atom is -0.481 e. The van der Waals surface area contributed by atoms with Crippen LogP contribution in [0.3, 0.4) is 0 Å². The molecule has 338 valence electrons. The van der Waals surface area contributed by atoms with E-state index in [-0.39, 0.29) is 25.2 Å². The highest BCUT2D eigenvalue weighted by Gasteiger charge is 2.35. The van der Waals surface area contributed by atoms with Gasteiger partial charge in [0, 0.05) is 19.8 Å². The predicted octanol–water partition coefficient (Wildman–Crippen LogP) is -1.63. The molecule has 2 aromatic rings. The Hall–Kier alpha value is -6.90. The van der Waals surface area contributed by atoms with Gasteiger partial charge in [-0.25, -0.2) is 4.79 Å². The number of rotatable bonds is 25. The number of aliphatic carboxylic acids is 3. The molecule has 0 aliphatic rings. The summed E-state index contributed by atoms with van der Waals surface area (Å²) >= 11 is 0. The van der Waals surface area contributed by atoms with Crippen LogP contribution >= 0.6 is 0 Å². The Labute approximate surface area is 357 Å². The molecule has 0 saturated carbocycles. The average Bonchev–Trinajstić information content (AvgIpc) is 3.18. The lowest BCUT2D eigenvalue weighted by Gasteiger charge is -2.28. The standard InChI is InChI=1S/C41H55N7O14/c1-21(2)16-27(46-40(60)34(23(4)49)48-39(59)28(43-24(5)50)17-25-12-8-6-9-13-25)37(57)45-29(19-32(51)52)36(56)42-22(3)35(55)44-30(20-33(53)54)38(58)47-31(41(61)62)18-26-14-10-7-11-15-26/h6-15,21-23,27-31,34,49H,16-20H2,1-5H3,(H,42,56)(H,43,50)(H,44,55)(H,45,57)(H,46,60)(H,47,58)(H,48,59)(H,51,52)(H,53,54)(H,61,62)/t22-,23-,27-,28-,29-,30-,31+,34-/m0/s1. The fourth-order valence-corrected chi connectivity index (χ4v) is 5.97. The number of nitrogens with one attached hydrogen (secondary N) is 7. The van der Waals surface area contributed by atoms with Crippen LogP contribution in [-0.4, -0.2) is 128 Å². The van der Waals surface area contributed by atoms with Crippen LogP contribution < -0.4 is 37.2 Å². The van der Waals surface area contributed by atoms with E-state index in [0.717, 1.165) is 6.92 Å². The molecule has 0 spiro atoms. The molecule has 11 N–H and O–H groups in total. The monoisotopic (exact) mass is 869 g/mol. The SMILES string of the molecule is CC(=O)N[C@@H](Cc1ccccc1)C(=O)N[C@H](C(=O)N[C@@H](CC(C)C)C(=O)N[C@@H](CC(=O)O)C(=O)N[C@@H](C)C(=O)N[C@@H](CC(=O)O)C(=O)N[C@H](Cc1ccccc1)C(=O)O)[C@H](C)O. The van der Waals surface area contributed by atoms with Crippen LogP contribution in [0.1, 0.15) is 65.0 Å². The number of carboxylic acid groups (broad SMARTS) is 3. The molecular formula is C41H55N7O14. The van der Waals surface area contributed by atoms with Crippen LogP contribution in [0.5, 0.6) is 0 Å². The molecule has 21 nitrogen and oxygen atoms in total. The van der Waals surface area contributed by atoms with Crippen LogP contribution in [0.25, 0.3) is 0 Å². The summed E-state index contributed by atoms with van der Waals surface area (Å²) in [4.78, 5) is 127. The lowest BCUT2D eigenvalue weighted by atomic mass is 10.0. The van der Waals surface area contributed by atoms with E-state index in [1.807, 2.05) is 0 Å². The van der Waals surface area contributed by atoms with Crippen LogP contribution in [0.15, 0.2) is 60.7 Å². The zero-order valence-electron chi connectivity index (χ0n) is 34.9. The summed E-state index contributed by atoms with van der Waals surface area (Å²) in [5.74, 6) is -11.8. The van der Waals surface area contributed by atoms with E-state index in [1.54, 1.807) is 74.5 Å². The first-order valence-electron chi connectivity index (χ1n) is 19.6. The van der Waals surface area contributed by atoms with Gasteiger partial charge in [0.1, 0.15) is 42.3 Å². The predicted molar refractivity (Wildman–Crippen MR) is 218 cm³/mol. The third-order valence-corrected chi connectivity index (χ3v) is 9.05. The molecule has 21 heteroatoms. The third kappa shape index (κ3) is 18.2. The maximum absolute atomic E-state index is 13.6. The molecule has 0 radical (unpaired) electrons. The minimum atomic E-state index is -1.86. The van der Waals surface area contributed by atoms with E-state index < -0.39 is 120 Å². The Morgan fingerprint density at radius 3 is 1.32 bits per heavy atom. The molecule has 62 heavy (non-hydrogen) atoms. The molecule has 8 atom stereocenters. The zero-order valence-corrected chi connectivity index (χ0v) is 34.9. The minimum absolute atomic E-state index is 0.0345. The van der Waals surface area contributed by atoms with Crippen molar-refractivity contribution in [3.63, 3.8) is 0 Å². The van der Waals surface area contributed by atoms with Crippen LogP contribution in [0.4, 0.5) is 0 Å². The number of amides is 7. The first-order valence-corrected chi connectivity index (χ1v) is 19.6. The summed E-state index contributed by atoms with van der Waals surface area (Å²) < 4.78 is 0. The molecule has 0 saturated heterocycles. The zero-order chi connectivity index (χ0) is 46.7. The van der Waals surface area contributed by atoms with Crippen LogP contribution in [0, 0.1) is 5.92 Å². The van der Waals surface area contributed by atoms with Gasteiger partial charge >= 0.3 is 17.9 Å². The fourth-order valence-electron chi connectivity index (χ4n) is 5.97. The smallest absolute Gasteiger partial charge is 0.326 e. The Bertz CT molecular complexity index is 1910. The van der Waals surface area contributed by atoms with Gasteiger partial charge in [-0.3, -0.25) is 43.2 Å². The Morgan fingerprint density at radius 1 is 0.484 bits per heavy atom. The van der Waals surface area contributed by atoms with E-state index in [0.29, 0.717) is 11.1 Å². The maximum atomic E-state index is 13.6. The largest absolute Gasteiger partial charge is 0.481 e. The number of aliphatic hydroxyl groups excluding tert-OH is 1. The lowest BCUT2D eigenvalue weighted by Crippen LogP contribution is -2.61. The number of aliphatic hydroxyl groups is 1. The van der Waals surface area contributed by atoms with Crippen LogP contribution in [-0.2, 0) is 60.8 Å². The van der Waals surface area contributed by atoms with Crippen molar-refractivity contribution < 1.29 is 68.4 Å². The Morgan fingerprint density at radius 2 is 0.887 bits per heavy atom. The lowest BCUT2D eigenvalue weighted by molar-refractivity contribution is -0.143. The van der Waals surface area contributed by atoms with Gasteiger partial charge in [0.2, 0.25) is 41.4 Å². The van der Waals surface area contributed by atoms with Crippen molar-refractivity contribution in [1.29, 1.82) is 0 Å². The number of hydrogen-bond donors (Lipinski definition) is 11. The summed E-state index contributed by atoms with van der Waals surface area (Å²) in [6.07, 6.45) is -3.75. The van der Waals surface area contributed by atoms with Gasteiger partial charge in [0.05, 0.1) is 18.9 Å². The summed E-state index contributed by atoms with van der Waals surface area (Å²) in [6, 6.07) is 5.80. The van der Waals surface area contributed by atoms with Crippen LogP contribution in [0.2, 0.25) is 0 Å². The van der Waals surface area contributed by atoms with E-state index in [9.17, 15) is 68.4 Å². The van der Waals surface area contributed by atoms with E-state index in [4.69, 9.17) is 0 Å². The number of benzene rings is 2. The molecule has 0 heterocycles. The summed E-state index contributed by atoms with van der Waals surface area (Å²) in [5, 5.41) is 55.3. The molecule has 0 fully saturated rings. The average molecular weight is 870 g/mol. The van der Waals surface area contributed by atoms with E-state index >= 15 is 0 Å². The topological polar surface area (TPSA) is 336 Å². The fraction of sp³-hybridized carbons (Fsp3) is 0.463. The van der Waals surface area contributed by atoms with Crippen molar-refractivity contribution in [3.05, 3.63) is 71.8 Å². The van der Waals surface area contributed by atoms with Gasteiger partial charge in [-0.05, 0) is 37.3 Å². The van der Waals surface area contributed by atoms with Gasteiger partial charge < -0.3 is 57.6 Å². The molecule has 2 rings (SSSR count). The van der Waals surface area contributed by atoms with Gasteiger partial charge in [0.15, 0.2) is 0 Å². The summed E-state index contributed by atoms with van der Waals surface area (Å²) in [7, 11) is 0. The second-order valence-electron chi connectivity index (χ2n) is 15.0. The van der Waals surface area contributed by atoms with Crippen molar-refractivity contribution in [1.82, 2.24) is 37.2 Å². The quantitative estimate of drug-likeness (QED) is 0.0534. The van der Waals surface area contributed by atoms with Crippen molar-refractivity contribution in [2.75, 3.05) is 0 Å². The molecule has 0 bridgehead atoms. The van der Waals surface area contributed by atoms with Crippen molar-refractivity contribution in [3.8, 4) is 0 Å². The molecule has 0 aliphatic heterocycles. The van der Waals surface area contributed by atoms with Gasteiger partial charge in [-0.2, -0.15) is 0 Å². The van der Waals surface area contributed by atoms with E-state index in [1.165, 1.54) is 13.8 Å². The van der Waals surface area contributed by atoms with Crippen molar-refractivity contribution >= 4 is 59.3 Å². The van der Waals surface area contributed by atoms with Gasteiger partial charge in [0.25, 0.3) is 0 Å². The number of carbonyl (C=O) groups excluding carboxylic acids is 7.